The van der Waals surface area contributed by atoms with E-state index in [0.717, 1.165) is 43.2 Å². The second kappa shape index (κ2) is 9.38. The van der Waals surface area contributed by atoms with Crippen LogP contribution in [-0.2, 0) is 28.1 Å². The smallest absolute Gasteiger partial charge is 0.309 e. The lowest BCUT2D eigenvalue weighted by Gasteiger charge is -2.53. The van der Waals surface area contributed by atoms with Crippen LogP contribution >= 0.6 is 0 Å². The highest BCUT2D eigenvalue weighted by atomic mass is 16.6. The van der Waals surface area contributed by atoms with Gasteiger partial charge in [0.2, 0.25) is 0 Å². The van der Waals surface area contributed by atoms with Crippen LogP contribution in [0.25, 0.3) is 10.8 Å². The molecule has 3 aromatic carbocycles. The van der Waals surface area contributed by atoms with E-state index in [0.29, 0.717) is 12.5 Å². The number of carboxylic acid groups (broad SMARTS) is 1. The van der Waals surface area contributed by atoms with Gasteiger partial charge in [-0.3, -0.25) is 4.79 Å². The first-order valence-corrected chi connectivity index (χ1v) is 13.3. The summed E-state index contributed by atoms with van der Waals surface area (Å²) in [4.78, 5) is 18.1. The van der Waals surface area contributed by atoms with Crippen LogP contribution in [0.3, 0.4) is 0 Å². The quantitative estimate of drug-likeness (QED) is 0.290. The van der Waals surface area contributed by atoms with E-state index in [1.807, 2.05) is 25.3 Å². The van der Waals surface area contributed by atoms with Crippen molar-refractivity contribution >= 4 is 23.0 Å². The molecule has 1 unspecified atom stereocenters. The number of carboxylic acids is 1. The van der Waals surface area contributed by atoms with Crippen molar-refractivity contribution in [3.05, 3.63) is 82.4 Å². The summed E-state index contributed by atoms with van der Waals surface area (Å²) in [6.07, 6.45) is 6.46. The Bertz CT molecular complexity index is 1320. The van der Waals surface area contributed by atoms with Gasteiger partial charge < -0.3 is 9.94 Å². The van der Waals surface area contributed by atoms with Crippen molar-refractivity contribution in [1.29, 1.82) is 0 Å². The van der Waals surface area contributed by atoms with Crippen LogP contribution in [0.4, 0.5) is 0 Å². The number of rotatable bonds is 6. The van der Waals surface area contributed by atoms with Gasteiger partial charge in [0.1, 0.15) is 6.61 Å². The molecule has 3 aromatic rings. The molecule has 4 nitrogen and oxygen atoms in total. The Labute approximate surface area is 214 Å². The van der Waals surface area contributed by atoms with Crippen molar-refractivity contribution in [3.63, 3.8) is 0 Å². The molecule has 1 fully saturated rings. The molecule has 188 valence electrons. The summed E-state index contributed by atoms with van der Waals surface area (Å²) in [7, 11) is 0. The number of oxime groups is 1. The SMILES string of the molecule is CC(C)c1cc2c(cc1/C=N/OCc1cccc3ccccc13)[C@@]1(C)CCC[C@@](C)(C(=O)O)C1CC2. The lowest BCUT2D eigenvalue weighted by atomic mass is 9.49. The second-order valence-electron chi connectivity index (χ2n) is 11.5. The van der Waals surface area contributed by atoms with Crippen LogP contribution < -0.4 is 0 Å². The van der Waals surface area contributed by atoms with Crippen LogP contribution in [0.1, 0.15) is 87.1 Å². The van der Waals surface area contributed by atoms with Crippen LogP contribution in [0.2, 0.25) is 0 Å². The number of hydrogen-bond donors (Lipinski definition) is 1. The van der Waals surface area contributed by atoms with Gasteiger partial charge in [0, 0.05) is 0 Å². The fourth-order valence-electron chi connectivity index (χ4n) is 7.04. The van der Waals surface area contributed by atoms with Gasteiger partial charge in [-0.15, -0.1) is 0 Å². The summed E-state index contributed by atoms with van der Waals surface area (Å²) < 4.78 is 0. The third kappa shape index (κ3) is 4.11. The van der Waals surface area contributed by atoms with E-state index in [9.17, 15) is 9.90 Å². The fourth-order valence-corrected chi connectivity index (χ4v) is 7.04. The molecule has 5 rings (SSSR count). The fraction of sp³-hybridized carbons (Fsp3) is 0.438. The van der Waals surface area contributed by atoms with E-state index in [2.05, 4.69) is 68.4 Å². The Morgan fingerprint density at radius 3 is 2.69 bits per heavy atom. The zero-order valence-corrected chi connectivity index (χ0v) is 21.9. The molecule has 0 bridgehead atoms. The third-order valence-corrected chi connectivity index (χ3v) is 9.03. The van der Waals surface area contributed by atoms with Gasteiger partial charge in [-0.1, -0.05) is 80.9 Å². The standard InChI is InChI=1S/C32H37NO3/c1-21(2)27-17-23-13-14-29-31(3,15-8-16-32(29,4)30(34)35)28(23)18-25(27)19-33-36-20-24-11-7-10-22-9-5-6-12-26(22)24/h5-7,9-12,17-19,21,29H,8,13-16,20H2,1-4H3,(H,34,35)/b33-19+/t29?,31-,32-/m1/s1. The number of carbonyl (C=O) groups is 1. The van der Waals surface area contributed by atoms with E-state index in [4.69, 9.17) is 4.84 Å². The molecule has 0 heterocycles. The van der Waals surface area contributed by atoms with Crippen molar-refractivity contribution in [3.8, 4) is 0 Å². The van der Waals surface area contributed by atoms with Crippen molar-refractivity contribution in [2.75, 3.05) is 0 Å². The average Bonchev–Trinajstić information content (AvgIpc) is 2.86. The second-order valence-corrected chi connectivity index (χ2v) is 11.5. The maximum absolute atomic E-state index is 12.3. The van der Waals surface area contributed by atoms with Gasteiger partial charge in [-0.2, -0.15) is 0 Å². The van der Waals surface area contributed by atoms with Gasteiger partial charge >= 0.3 is 5.97 Å². The molecule has 1 N–H and O–H groups in total. The predicted octanol–water partition coefficient (Wildman–Crippen LogP) is 7.61. The minimum absolute atomic E-state index is 0.138. The minimum atomic E-state index is -0.669. The maximum Gasteiger partial charge on any atom is 0.309 e. The number of aliphatic carboxylic acids is 1. The normalized spacial score (nSPS) is 25.6. The molecule has 0 aliphatic heterocycles. The third-order valence-electron chi connectivity index (χ3n) is 9.03. The molecular weight excluding hydrogens is 446 g/mol. The Balaban J connectivity index is 1.45. The predicted molar refractivity (Wildman–Crippen MR) is 146 cm³/mol. The molecule has 2 aliphatic carbocycles. The molecule has 4 heteroatoms. The number of benzene rings is 3. The monoisotopic (exact) mass is 483 g/mol. The molecule has 0 saturated heterocycles. The first-order valence-electron chi connectivity index (χ1n) is 13.3. The summed E-state index contributed by atoms with van der Waals surface area (Å²) in [6, 6.07) is 19.2. The largest absolute Gasteiger partial charge is 0.481 e. The Morgan fingerprint density at radius 1 is 1.14 bits per heavy atom. The number of aryl methyl sites for hydroxylation is 1. The van der Waals surface area contributed by atoms with E-state index in [-0.39, 0.29) is 11.3 Å². The van der Waals surface area contributed by atoms with Crippen molar-refractivity contribution in [1.82, 2.24) is 0 Å². The first kappa shape index (κ1) is 24.5. The highest BCUT2D eigenvalue weighted by Crippen LogP contribution is 2.57. The van der Waals surface area contributed by atoms with Crippen LogP contribution in [0, 0.1) is 11.3 Å². The van der Waals surface area contributed by atoms with Crippen LogP contribution in [0.5, 0.6) is 0 Å². The number of hydrogen-bond acceptors (Lipinski definition) is 3. The number of nitrogens with zero attached hydrogens (tertiary/aromatic N) is 1. The summed E-state index contributed by atoms with van der Waals surface area (Å²) in [5, 5.41) is 16.9. The van der Waals surface area contributed by atoms with Crippen molar-refractivity contribution < 1.29 is 14.7 Å². The van der Waals surface area contributed by atoms with Gasteiger partial charge in [0.25, 0.3) is 0 Å². The summed E-state index contributed by atoms with van der Waals surface area (Å²) >= 11 is 0. The summed E-state index contributed by atoms with van der Waals surface area (Å²) in [6.45, 7) is 9.10. The summed E-state index contributed by atoms with van der Waals surface area (Å²) in [5.41, 5.74) is 5.34. The highest BCUT2D eigenvalue weighted by Gasteiger charge is 2.55. The van der Waals surface area contributed by atoms with Gasteiger partial charge in [-0.05, 0) is 94.5 Å². The molecule has 0 radical (unpaired) electrons. The lowest BCUT2D eigenvalue weighted by Crippen LogP contribution is -2.52. The lowest BCUT2D eigenvalue weighted by molar-refractivity contribution is -0.157. The van der Waals surface area contributed by atoms with Crippen LogP contribution in [0.15, 0.2) is 59.8 Å². The zero-order valence-electron chi connectivity index (χ0n) is 21.9. The summed E-state index contributed by atoms with van der Waals surface area (Å²) in [5.74, 6) is -0.152. The Kier molecular flexibility index (Phi) is 6.40. The molecule has 0 aromatic heterocycles. The first-order chi connectivity index (χ1) is 17.2. The van der Waals surface area contributed by atoms with Gasteiger partial charge in [0.15, 0.2) is 0 Å². The topological polar surface area (TPSA) is 58.9 Å². The molecule has 3 atom stereocenters. The van der Waals surface area contributed by atoms with Crippen LogP contribution in [-0.4, -0.2) is 17.3 Å². The molecule has 36 heavy (non-hydrogen) atoms. The van der Waals surface area contributed by atoms with Crippen molar-refractivity contribution in [2.24, 2.45) is 16.5 Å². The van der Waals surface area contributed by atoms with Gasteiger partial charge in [-0.25, -0.2) is 0 Å². The minimum Gasteiger partial charge on any atom is -0.481 e. The molecule has 0 amide bonds. The van der Waals surface area contributed by atoms with Crippen molar-refractivity contribution in [2.45, 2.75) is 77.7 Å². The average molecular weight is 484 g/mol. The van der Waals surface area contributed by atoms with E-state index in [1.165, 1.54) is 27.5 Å². The Hall–Kier alpha value is -3.14. The Morgan fingerprint density at radius 2 is 1.92 bits per heavy atom. The molecular formula is C32H37NO3. The van der Waals surface area contributed by atoms with E-state index >= 15 is 0 Å². The molecule has 1 saturated carbocycles. The maximum atomic E-state index is 12.3. The molecule has 0 spiro atoms. The molecule has 2 aliphatic rings. The zero-order chi connectivity index (χ0) is 25.5. The number of fused-ring (bicyclic) bond motifs is 4. The van der Waals surface area contributed by atoms with E-state index < -0.39 is 11.4 Å². The van der Waals surface area contributed by atoms with E-state index in [1.54, 1.807) is 0 Å². The van der Waals surface area contributed by atoms with Gasteiger partial charge in [0.05, 0.1) is 11.6 Å². The highest BCUT2D eigenvalue weighted by molar-refractivity contribution is 5.85.